The van der Waals surface area contributed by atoms with Crippen LogP contribution in [-0.2, 0) is 9.53 Å². The van der Waals surface area contributed by atoms with Crippen molar-refractivity contribution in [1.29, 1.82) is 0 Å². The maximum Gasteiger partial charge on any atom is 0.250 e. The van der Waals surface area contributed by atoms with Crippen LogP contribution in [0.2, 0.25) is 0 Å². The zero-order valence-electron chi connectivity index (χ0n) is 13.2. The molecule has 0 aliphatic carbocycles. The molecule has 1 N–H and O–H groups in total. The molecule has 114 valence electrons. The van der Waals surface area contributed by atoms with Crippen LogP contribution in [0.5, 0.6) is 0 Å². The third-order valence-electron chi connectivity index (χ3n) is 2.82. The van der Waals surface area contributed by atoms with E-state index in [-0.39, 0.29) is 24.0 Å². The van der Waals surface area contributed by atoms with E-state index in [9.17, 15) is 4.79 Å². The minimum absolute atomic E-state index is 0.0254. The summed E-state index contributed by atoms with van der Waals surface area (Å²) < 4.78 is 11.1. The van der Waals surface area contributed by atoms with Gasteiger partial charge in [-0.05, 0) is 39.0 Å². The van der Waals surface area contributed by atoms with Crippen LogP contribution in [0, 0.1) is 0 Å². The Balaban J connectivity index is 2.07. The molecule has 2 aromatic rings. The zero-order valence-corrected chi connectivity index (χ0v) is 13.2. The summed E-state index contributed by atoms with van der Waals surface area (Å²) in [5.74, 6) is 0.747. The first kappa shape index (κ1) is 15.5. The monoisotopic (exact) mass is 290 g/mol. The lowest BCUT2D eigenvalue weighted by molar-refractivity contribution is -0.125. The van der Waals surface area contributed by atoms with Gasteiger partial charge in [0.25, 0.3) is 0 Å². The van der Waals surface area contributed by atoms with Crippen molar-refractivity contribution < 1.29 is 13.9 Å². The standard InChI is InChI=1S/C16H22N2O3/c1-10(2)15-18-12-8-11(6-7-13(12)21-15)17-14(19)9-20-16(3,4)5/h6-8,10H,9H2,1-5H3,(H,17,19). The summed E-state index contributed by atoms with van der Waals surface area (Å²) in [6.07, 6.45) is 0. The van der Waals surface area contributed by atoms with Crippen molar-refractivity contribution in [2.24, 2.45) is 0 Å². The molecule has 0 unspecified atom stereocenters. The molecule has 1 aromatic heterocycles. The molecule has 2 rings (SSSR count). The second kappa shape index (κ2) is 5.85. The van der Waals surface area contributed by atoms with Crippen LogP contribution in [0.3, 0.4) is 0 Å². The first-order valence-electron chi connectivity index (χ1n) is 7.09. The van der Waals surface area contributed by atoms with Gasteiger partial charge in [-0.25, -0.2) is 4.98 Å². The Hall–Kier alpha value is -1.88. The van der Waals surface area contributed by atoms with E-state index in [0.717, 1.165) is 11.1 Å². The Kier molecular flexibility index (Phi) is 4.32. The molecule has 1 aromatic carbocycles. The topological polar surface area (TPSA) is 64.4 Å². The van der Waals surface area contributed by atoms with Gasteiger partial charge in [-0.1, -0.05) is 13.8 Å². The summed E-state index contributed by atoms with van der Waals surface area (Å²) in [6.45, 7) is 9.81. The van der Waals surface area contributed by atoms with Gasteiger partial charge in [0, 0.05) is 11.6 Å². The lowest BCUT2D eigenvalue weighted by atomic mass is 10.2. The minimum Gasteiger partial charge on any atom is -0.440 e. The number of carbonyl (C=O) groups is 1. The van der Waals surface area contributed by atoms with Gasteiger partial charge in [-0.3, -0.25) is 4.79 Å². The predicted molar refractivity (Wildman–Crippen MR) is 82.4 cm³/mol. The fourth-order valence-corrected chi connectivity index (χ4v) is 1.75. The molecule has 1 heterocycles. The SMILES string of the molecule is CC(C)c1nc2cc(NC(=O)COC(C)(C)C)ccc2o1. The highest BCUT2D eigenvalue weighted by Crippen LogP contribution is 2.23. The number of ether oxygens (including phenoxy) is 1. The molecule has 0 radical (unpaired) electrons. The molecule has 0 aliphatic heterocycles. The molecule has 5 nitrogen and oxygen atoms in total. The van der Waals surface area contributed by atoms with Gasteiger partial charge in [0.2, 0.25) is 5.91 Å². The van der Waals surface area contributed by atoms with E-state index in [1.165, 1.54) is 0 Å². The number of amides is 1. The molecule has 0 bridgehead atoms. The third kappa shape index (κ3) is 4.29. The van der Waals surface area contributed by atoms with Crippen LogP contribution in [0.4, 0.5) is 5.69 Å². The van der Waals surface area contributed by atoms with E-state index in [1.807, 2.05) is 40.7 Å². The Labute approximate surface area is 124 Å². The molecule has 0 fully saturated rings. The van der Waals surface area contributed by atoms with E-state index in [2.05, 4.69) is 10.3 Å². The Bertz CT molecular complexity index is 638. The van der Waals surface area contributed by atoms with Crippen molar-refractivity contribution in [3.8, 4) is 0 Å². The van der Waals surface area contributed by atoms with E-state index < -0.39 is 0 Å². The van der Waals surface area contributed by atoms with Crippen LogP contribution < -0.4 is 5.32 Å². The smallest absolute Gasteiger partial charge is 0.250 e. The highest BCUT2D eigenvalue weighted by atomic mass is 16.5. The molecular formula is C16H22N2O3. The van der Waals surface area contributed by atoms with Crippen LogP contribution in [0.1, 0.15) is 46.4 Å². The summed E-state index contributed by atoms with van der Waals surface area (Å²) >= 11 is 0. The number of rotatable bonds is 4. The fourth-order valence-electron chi connectivity index (χ4n) is 1.75. The predicted octanol–water partition coefficient (Wildman–Crippen LogP) is 3.70. The van der Waals surface area contributed by atoms with Gasteiger partial charge in [-0.2, -0.15) is 0 Å². The molecule has 0 atom stereocenters. The number of oxazole rings is 1. The molecular weight excluding hydrogens is 268 g/mol. The number of nitrogens with zero attached hydrogens (tertiary/aromatic N) is 1. The van der Waals surface area contributed by atoms with Gasteiger partial charge >= 0.3 is 0 Å². The van der Waals surface area contributed by atoms with Gasteiger partial charge in [-0.15, -0.1) is 0 Å². The molecule has 0 aliphatic rings. The van der Waals surface area contributed by atoms with Crippen molar-refractivity contribution in [3.63, 3.8) is 0 Å². The minimum atomic E-state index is -0.334. The first-order chi connectivity index (χ1) is 9.74. The summed E-state index contributed by atoms with van der Waals surface area (Å²) in [5, 5.41) is 2.80. The van der Waals surface area contributed by atoms with E-state index in [1.54, 1.807) is 12.1 Å². The number of hydrogen-bond donors (Lipinski definition) is 1. The zero-order chi connectivity index (χ0) is 15.6. The normalized spacial score (nSPS) is 12.1. The van der Waals surface area contributed by atoms with Crippen LogP contribution >= 0.6 is 0 Å². The van der Waals surface area contributed by atoms with E-state index >= 15 is 0 Å². The summed E-state index contributed by atoms with van der Waals surface area (Å²) in [4.78, 5) is 16.2. The molecule has 0 spiro atoms. The highest BCUT2D eigenvalue weighted by Gasteiger charge is 2.14. The van der Waals surface area contributed by atoms with Gasteiger partial charge in [0.1, 0.15) is 12.1 Å². The fraction of sp³-hybridized carbons (Fsp3) is 0.500. The number of benzene rings is 1. The van der Waals surface area contributed by atoms with Crippen molar-refractivity contribution >= 4 is 22.7 Å². The number of hydrogen-bond acceptors (Lipinski definition) is 4. The van der Waals surface area contributed by atoms with Crippen molar-refractivity contribution in [3.05, 3.63) is 24.1 Å². The summed E-state index contributed by atoms with van der Waals surface area (Å²) in [5.41, 5.74) is 1.82. The quantitative estimate of drug-likeness (QED) is 0.932. The second-order valence-electron chi connectivity index (χ2n) is 6.34. The Morgan fingerprint density at radius 1 is 1.38 bits per heavy atom. The van der Waals surface area contributed by atoms with Crippen LogP contribution in [0.25, 0.3) is 11.1 Å². The maximum absolute atomic E-state index is 11.8. The largest absolute Gasteiger partial charge is 0.440 e. The lowest BCUT2D eigenvalue weighted by Crippen LogP contribution is -2.27. The van der Waals surface area contributed by atoms with Gasteiger partial charge in [0.15, 0.2) is 11.5 Å². The summed E-state index contributed by atoms with van der Waals surface area (Å²) in [6, 6.07) is 5.42. The average Bonchev–Trinajstić information content (AvgIpc) is 2.79. The number of nitrogens with one attached hydrogen (secondary N) is 1. The summed E-state index contributed by atoms with van der Waals surface area (Å²) in [7, 11) is 0. The molecule has 1 amide bonds. The third-order valence-corrected chi connectivity index (χ3v) is 2.82. The first-order valence-corrected chi connectivity index (χ1v) is 7.09. The number of anilines is 1. The molecule has 0 saturated carbocycles. The second-order valence-corrected chi connectivity index (χ2v) is 6.34. The number of carbonyl (C=O) groups excluding carboxylic acids is 1. The average molecular weight is 290 g/mol. The number of fused-ring (bicyclic) bond motifs is 1. The molecule has 0 saturated heterocycles. The van der Waals surface area contributed by atoms with Crippen molar-refractivity contribution in [2.45, 2.75) is 46.1 Å². The lowest BCUT2D eigenvalue weighted by Gasteiger charge is -2.18. The van der Waals surface area contributed by atoms with Crippen molar-refractivity contribution in [1.82, 2.24) is 4.98 Å². The maximum atomic E-state index is 11.8. The van der Waals surface area contributed by atoms with Crippen LogP contribution in [-0.4, -0.2) is 23.1 Å². The molecule has 5 heteroatoms. The Morgan fingerprint density at radius 3 is 2.71 bits per heavy atom. The molecule has 21 heavy (non-hydrogen) atoms. The van der Waals surface area contributed by atoms with Gasteiger partial charge < -0.3 is 14.5 Å². The van der Waals surface area contributed by atoms with E-state index in [4.69, 9.17) is 9.15 Å². The van der Waals surface area contributed by atoms with Crippen molar-refractivity contribution in [2.75, 3.05) is 11.9 Å². The van der Waals surface area contributed by atoms with E-state index in [0.29, 0.717) is 11.6 Å². The van der Waals surface area contributed by atoms with Crippen LogP contribution in [0.15, 0.2) is 22.6 Å². The Morgan fingerprint density at radius 2 is 2.10 bits per heavy atom. The van der Waals surface area contributed by atoms with Gasteiger partial charge in [0.05, 0.1) is 5.60 Å². The highest BCUT2D eigenvalue weighted by molar-refractivity contribution is 5.93. The number of aromatic nitrogens is 1.